The zero-order valence-corrected chi connectivity index (χ0v) is 25.7. The van der Waals surface area contributed by atoms with E-state index in [-0.39, 0.29) is 0 Å². The standard InChI is InChI=1S/C43H26N4O/c1-2-11-27(12-3-1)41-44-42(30-15-10-16-32(23-30)47-37-19-8-6-17-33(37)34-18-7-9-20-38(34)47)46-43(45-41)31-21-22-35-36-24-28-13-4-5-14-29(28)25-40(36)48-39(35)26-31/h1-26H. The van der Waals surface area contributed by atoms with Crippen molar-refractivity contribution in [1.82, 2.24) is 19.5 Å². The van der Waals surface area contributed by atoms with Crippen LogP contribution in [0.4, 0.5) is 0 Å². The van der Waals surface area contributed by atoms with Crippen molar-refractivity contribution in [2.75, 3.05) is 0 Å². The van der Waals surface area contributed by atoms with Crippen molar-refractivity contribution >= 4 is 54.5 Å². The first-order chi connectivity index (χ1) is 23.8. The fourth-order valence-electron chi connectivity index (χ4n) is 6.94. The van der Waals surface area contributed by atoms with E-state index >= 15 is 0 Å². The zero-order chi connectivity index (χ0) is 31.6. The van der Waals surface area contributed by atoms with Crippen LogP contribution in [-0.4, -0.2) is 19.5 Å². The molecule has 0 spiro atoms. The highest BCUT2D eigenvalue weighted by Gasteiger charge is 2.17. The van der Waals surface area contributed by atoms with Crippen LogP contribution in [-0.2, 0) is 0 Å². The number of para-hydroxylation sites is 2. The number of nitrogens with zero attached hydrogens (tertiary/aromatic N) is 4. The van der Waals surface area contributed by atoms with E-state index in [0.717, 1.165) is 60.7 Å². The number of benzene rings is 7. The minimum Gasteiger partial charge on any atom is -0.456 e. The maximum atomic E-state index is 6.41. The van der Waals surface area contributed by atoms with Gasteiger partial charge in [-0.05, 0) is 59.3 Å². The third kappa shape index (κ3) is 4.22. The predicted octanol–water partition coefficient (Wildman–Crippen LogP) is 11.0. The molecule has 0 saturated carbocycles. The van der Waals surface area contributed by atoms with Gasteiger partial charge in [0.2, 0.25) is 0 Å². The number of fused-ring (bicyclic) bond motifs is 7. The van der Waals surface area contributed by atoms with Crippen LogP contribution in [0.3, 0.4) is 0 Å². The van der Waals surface area contributed by atoms with Crippen LogP contribution >= 0.6 is 0 Å². The Labute approximate surface area is 275 Å². The molecule has 0 radical (unpaired) electrons. The number of aromatic nitrogens is 4. The lowest BCUT2D eigenvalue weighted by Crippen LogP contribution is -2.01. The van der Waals surface area contributed by atoms with Crippen molar-refractivity contribution in [2.45, 2.75) is 0 Å². The van der Waals surface area contributed by atoms with Gasteiger partial charge < -0.3 is 8.98 Å². The molecule has 48 heavy (non-hydrogen) atoms. The van der Waals surface area contributed by atoms with Crippen molar-refractivity contribution in [3.63, 3.8) is 0 Å². The Hall–Kier alpha value is -6.59. The molecule has 224 valence electrons. The van der Waals surface area contributed by atoms with E-state index in [1.165, 1.54) is 16.2 Å². The topological polar surface area (TPSA) is 56.7 Å². The van der Waals surface area contributed by atoms with Gasteiger partial charge in [-0.25, -0.2) is 15.0 Å². The molecule has 0 amide bonds. The Bertz CT molecular complexity index is 2800. The molecule has 0 aliphatic carbocycles. The molecule has 5 nitrogen and oxygen atoms in total. The molecule has 10 aromatic rings. The molecule has 0 bridgehead atoms. The van der Waals surface area contributed by atoms with Gasteiger partial charge in [0.1, 0.15) is 11.2 Å². The first-order valence-corrected chi connectivity index (χ1v) is 16.0. The second kappa shape index (κ2) is 10.5. The summed E-state index contributed by atoms with van der Waals surface area (Å²) in [6.45, 7) is 0. The Balaban J connectivity index is 1.15. The summed E-state index contributed by atoms with van der Waals surface area (Å²) in [6.07, 6.45) is 0. The summed E-state index contributed by atoms with van der Waals surface area (Å²) < 4.78 is 8.72. The number of furan rings is 1. The maximum Gasteiger partial charge on any atom is 0.164 e. The van der Waals surface area contributed by atoms with Crippen LogP contribution in [0.5, 0.6) is 0 Å². The van der Waals surface area contributed by atoms with Crippen LogP contribution in [0.1, 0.15) is 0 Å². The molecule has 0 aliphatic rings. The average molecular weight is 615 g/mol. The maximum absolute atomic E-state index is 6.41. The minimum absolute atomic E-state index is 0.591. The Morgan fingerprint density at radius 2 is 0.938 bits per heavy atom. The van der Waals surface area contributed by atoms with Crippen LogP contribution in [0, 0.1) is 0 Å². The lowest BCUT2D eigenvalue weighted by molar-refractivity contribution is 0.669. The summed E-state index contributed by atoms with van der Waals surface area (Å²) in [5.74, 6) is 1.82. The van der Waals surface area contributed by atoms with Gasteiger partial charge in [0.05, 0.1) is 11.0 Å². The second-order valence-electron chi connectivity index (χ2n) is 12.1. The van der Waals surface area contributed by atoms with Crippen molar-refractivity contribution in [1.29, 1.82) is 0 Å². The first kappa shape index (κ1) is 26.6. The van der Waals surface area contributed by atoms with Gasteiger partial charge in [0.25, 0.3) is 0 Å². The third-order valence-electron chi connectivity index (χ3n) is 9.21. The van der Waals surface area contributed by atoms with E-state index < -0.39 is 0 Å². The molecule has 0 saturated heterocycles. The summed E-state index contributed by atoms with van der Waals surface area (Å²) >= 11 is 0. The fourth-order valence-corrected chi connectivity index (χ4v) is 6.94. The van der Waals surface area contributed by atoms with Crippen LogP contribution in [0.2, 0.25) is 0 Å². The summed E-state index contributed by atoms with van der Waals surface area (Å²) in [6, 6.07) is 54.5. The van der Waals surface area contributed by atoms with E-state index in [2.05, 4.69) is 126 Å². The van der Waals surface area contributed by atoms with E-state index in [1.54, 1.807) is 0 Å². The fraction of sp³-hybridized carbons (Fsp3) is 0. The number of hydrogen-bond acceptors (Lipinski definition) is 4. The predicted molar refractivity (Wildman–Crippen MR) is 195 cm³/mol. The summed E-state index contributed by atoms with van der Waals surface area (Å²) in [7, 11) is 0. The van der Waals surface area contributed by atoms with Crippen LogP contribution < -0.4 is 0 Å². The Morgan fingerprint density at radius 3 is 1.67 bits per heavy atom. The molecule has 7 aromatic carbocycles. The Morgan fingerprint density at radius 1 is 0.375 bits per heavy atom. The summed E-state index contributed by atoms with van der Waals surface area (Å²) in [5.41, 5.74) is 7.73. The average Bonchev–Trinajstić information content (AvgIpc) is 3.69. The SMILES string of the molecule is c1ccc(-c2nc(-c3cccc(-n4c5ccccc5c5ccccc54)c3)nc(-c3ccc4c(c3)oc3cc5ccccc5cc34)n2)cc1. The van der Waals surface area contributed by atoms with Gasteiger partial charge in [0.15, 0.2) is 17.5 Å². The zero-order valence-electron chi connectivity index (χ0n) is 25.7. The lowest BCUT2D eigenvalue weighted by Gasteiger charge is -2.11. The van der Waals surface area contributed by atoms with Gasteiger partial charge >= 0.3 is 0 Å². The third-order valence-corrected chi connectivity index (χ3v) is 9.21. The van der Waals surface area contributed by atoms with Crippen molar-refractivity contribution in [3.05, 3.63) is 158 Å². The summed E-state index contributed by atoms with van der Waals surface area (Å²) in [4.78, 5) is 15.1. The van der Waals surface area contributed by atoms with Crippen molar-refractivity contribution in [2.24, 2.45) is 0 Å². The second-order valence-corrected chi connectivity index (χ2v) is 12.1. The van der Waals surface area contributed by atoms with E-state index in [9.17, 15) is 0 Å². The molecule has 5 heteroatoms. The molecular weight excluding hydrogens is 589 g/mol. The molecule has 0 unspecified atom stereocenters. The van der Waals surface area contributed by atoms with Gasteiger partial charge in [-0.15, -0.1) is 0 Å². The molecule has 0 fully saturated rings. The van der Waals surface area contributed by atoms with Gasteiger partial charge in [-0.1, -0.05) is 109 Å². The van der Waals surface area contributed by atoms with E-state index in [0.29, 0.717) is 17.5 Å². The molecule has 10 rings (SSSR count). The molecular formula is C43H26N4O. The normalized spacial score (nSPS) is 11.8. The lowest BCUT2D eigenvalue weighted by atomic mass is 10.1. The monoisotopic (exact) mass is 614 g/mol. The van der Waals surface area contributed by atoms with Crippen LogP contribution in [0.15, 0.2) is 162 Å². The Kier molecular flexibility index (Phi) is 5.81. The molecule has 0 N–H and O–H groups in total. The smallest absolute Gasteiger partial charge is 0.164 e. The highest BCUT2D eigenvalue weighted by Crippen LogP contribution is 2.36. The summed E-state index contributed by atoms with van der Waals surface area (Å²) in [5, 5.41) is 6.95. The largest absolute Gasteiger partial charge is 0.456 e. The van der Waals surface area contributed by atoms with Crippen molar-refractivity contribution < 1.29 is 4.42 Å². The number of hydrogen-bond donors (Lipinski definition) is 0. The molecule has 0 atom stereocenters. The van der Waals surface area contributed by atoms with E-state index in [4.69, 9.17) is 19.4 Å². The number of rotatable bonds is 4. The molecule has 0 aliphatic heterocycles. The van der Waals surface area contributed by atoms with Gasteiger partial charge in [-0.2, -0.15) is 0 Å². The van der Waals surface area contributed by atoms with Crippen LogP contribution in [0.25, 0.3) is 94.4 Å². The minimum atomic E-state index is 0.591. The molecule has 3 heterocycles. The van der Waals surface area contributed by atoms with Gasteiger partial charge in [-0.3, -0.25) is 0 Å². The highest BCUT2D eigenvalue weighted by atomic mass is 16.3. The highest BCUT2D eigenvalue weighted by molar-refractivity contribution is 6.11. The quantitative estimate of drug-likeness (QED) is 0.198. The first-order valence-electron chi connectivity index (χ1n) is 16.0. The molecule has 3 aromatic heterocycles. The van der Waals surface area contributed by atoms with E-state index in [1.807, 2.05) is 36.4 Å². The van der Waals surface area contributed by atoms with Gasteiger partial charge in [0, 0.05) is 43.9 Å². The van der Waals surface area contributed by atoms with Crippen molar-refractivity contribution in [3.8, 4) is 39.9 Å².